The molecule has 0 N–H and O–H groups in total. The van der Waals surface area contributed by atoms with E-state index < -0.39 is 20.5 Å². The van der Waals surface area contributed by atoms with Crippen molar-refractivity contribution >= 4 is 25.3 Å². The van der Waals surface area contributed by atoms with Crippen LogP contribution in [0.1, 0.15) is 18.4 Å². The fourth-order valence-corrected chi connectivity index (χ4v) is 6.45. The molecule has 25 heavy (non-hydrogen) atoms. The van der Waals surface area contributed by atoms with Gasteiger partial charge in [-0.25, -0.2) is 0 Å². The van der Waals surface area contributed by atoms with Crippen molar-refractivity contribution in [2.75, 3.05) is 6.54 Å². The Labute approximate surface area is 152 Å². The van der Waals surface area contributed by atoms with Crippen LogP contribution in [0.25, 0.3) is 0 Å². The van der Waals surface area contributed by atoms with Crippen LogP contribution in [0.15, 0.2) is 67.3 Å². The number of carbonyl (C=O) groups is 1. The first-order chi connectivity index (χ1) is 12.1. The number of cyclic esters (lactones) is 1. The second-order valence-corrected chi connectivity index (χ2v) is 10.4. The number of halogens is 1. The molecule has 1 amide bonds. The fraction of sp³-hybridized carbons (Fsp3) is 0.250. The van der Waals surface area contributed by atoms with Crippen molar-refractivity contribution in [2.24, 2.45) is 0 Å². The molecule has 0 bridgehead atoms. The van der Waals surface area contributed by atoms with Crippen molar-refractivity contribution in [1.29, 1.82) is 0 Å². The molecule has 1 aliphatic heterocycles. The van der Waals surface area contributed by atoms with Gasteiger partial charge in [-0.1, -0.05) is 0 Å². The van der Waals surface area contributed by atoms with Crippen molar-refractivity contribution in [1.82, 2.24) is 3.82 Å². The van der Waals surface area contributed by atoms with E-state index >= 15 is 0 Å². The summed E-state index contributed by atoms with van der Waals surface area (Å²) in [5.74, 6) is -0.299. The van der Waals surface area contributed by atoms with Gasteiger partial charge in [0.1, 0.15) is 0 Å². The molecule has 2 aromatic carbocycles. The molecule has 0 spiro atoms. The zero-order valence-corrected chi connectivity index (χ0v) is 16.1. The van der Waals surface area contributed by atoms with E-state index in [2.05, 4.69) is 24.4 Å². The van der Waals surface area contributed by atoms with Gasteiger partial charge in [-0.15, -0.1) is 0 Å². The molecule has 1 saturated heterocycles. The zero-order valence-electron chi connectivity index (χ0n) is 14.2. The van der Waals surface area contributed by atoms with Gasteiger partial charge in [0, 0.05) is 0 Å². The Bertz CT molecular complexity index is 750. The molecule has 2 unspecified atom stereocenters. The average Bonchev–Trinajstić information content (AvgIpc) is 2.63. The number of benzene rings is 2. The van der Waals surface area contributed by atoms with E-state index in [4.69, 9.17) is 4.74 Å². The molecule has 0 aromatic heterocycles. The van der Waals surface area contributed by atoms with Gasteiger partial charge in [0.15, 0.2) is 0 Å². The molecule has 0 radical (unpaired) electrons. The summed E-state index contributed by atoms with van der Waals surface area (Å²) < 4.78 is 22.3. The summed E-state index contributed by atoms with van der Waals surface area (Å²) in [4.78, 5) is 12.8. The van der Waals surface area contributed by atoms with E-state index in [0.717, 1.165) is 5.56 Å². The third kappa shape index (κ3) is 3.64. The fourth-order valence-electron chi connectivity index (χ4n) is 3.16. The van der Waals surface area contributed by atoms with Crippen molar-refractivity contribution < 1.29 is 13.9 Å². The van der Waals surface area contributed by atoms with E-state index in [1.165, 1.54) is 16.5 Å². The van der Waals surface area contributed by atoms with E-state index in [1.807, 2.05) is 22.0 Å². The molecule has 0 saturated carbocycles. The van der Waals surface area contributed by atoms with Crippen LogP contribution in [0.5, 0.6) is 0 Å². The number of hydrogen-bond acceptors (Lipinski definition) is 2. The third-order valence-electron chi connectivity index (χ3n) is 4.56. The Kier molecular flexibility index (Phi) is 5.29. The first-order valence-electron chi connectivity index (χ1n) is 8.22. The number of nitrogens with zero attached hydrogens (tertiary/aromatic N) is 1. The quantitative estimate of drug-likeness (QED) is 0.561. The SMILES string of the molecule is C=CCC1(c2ccc(F)cc2)CCN([As](C)c2ccccc2)C(=O)O1. The Balaban J connectivity index is 1.84. The van der Waals surface area contributed by atoms with E-state index in [-0.39, 0.29) is 11.9 Å². The molecule has 2 aromatic rings. The maximum absolute atomic E-state index is 13.3. The minimum atomic E-state index is -1.68. The molecule has 1 aliphatic rings. The summed E-state index contributed by atoms with van der Waals surface area (Å²) in [6.07, 6.45) is 2.65. The number of carbonyl (C=O) groups excluding carboxylic acids is 1. The van der Waals surface area contributed by atoms with Crippen LogP contribution in [0, 0.1) is 5.82 Å². The third-order valence-corrected chi connectivity index (χ3v) is 9.03. The van der Waals surface area contributed by atoms with E-state index in [9.17, 15) is 9.18 Å². The van der Waals surface area contributed by atoms with Crippen molar-refractivity contribution in [3.63, 3.8) is 0 Å². The second-order valence-electron chi connectivity index (χ2n) is 6.09. The van der Waals surface area contributed by atoms with Crippen molar-refractivity contribution in [3.8, 4) is 0 Å². The summed E-state index contributed by atoms with van der Waals surface area (Å²) >= 11 is -1.68. The van der Waals surface area contributed by atoms with Crippen LogP contribution < -0.4 is 4.35 Å². The van der Waals surface area contributed by atoms with Crippen molar-refractivity contribution in [3.05, 3.63) is 78.6 Å². The molecule has 5 heteroatoms. The van der Waals surface area contributed by atoms with Gasteiger partial charge >= 0.3 is 152 Å². The van der Waals surface area contributed by atoms with Gasteiger partial charge in [-0.05, 0) is 0 Å². The first-order valence-corrected chi connectivity index (χ1v) is 11.9. The van der Waals surface area contributed by atoms with Gasteiger partial charge < -0.3 is 0 Å². The zero-order chi connectivity index (χ0) is 17.9. The van der Waals surface area contributed by atoms with Gasteiger partial charge in [0.05, 0.1) is 0 Å². The van der Waals surface area contributed by atoms with Crippen LogP contribution in [-0.2, 0) is 10.3 Å². The minimum absolute atomic E-state index is 0.288. The maximum atomic E-state index is 13.3. The monoisotopic (exact) mass is 401 g/mol. The summed E-state index contributed by atoms with van der Waals surface area (Å²) in [5.41, 5.74) is 2.20. The van der Waals surface area contributed by atoms with Gasteiger partial charge in [0.2, 0.25) is 0 Å². The summed E-state index contributed by atoms with van der Waals surface area (Å²) in [6.45, 7) is 4.43. The number of hydrogen-bond donors (Lipinski definition) is 0. The Hall–Kier alpha value is -2.06. The van der Waals surface area contributed by atoms with Crippen LogP contribution in [-0.4, -0.2) is 31.3 Å². The van der Waals surface area contributed by atoms with Crippen LogP contribution in [0.4, 0.5) is 9.18 Å². The molecule has 2 atom stereocenters. The normalized spacial score (nSPS) is 21.5. The predicted molar refractivity (Wildman–Crippen MR) is 98.4 cm³/mol. The average molecular weight is 401 g/mol. The van der Waals surface area contributed by atoms with Crippen LogP contribution in [0.2, 0.25) is 5.71 Å². The number of rotatable bonds is 5. The van der Waals surface area contributed by atoms with Crippen LogP contribution in [0.3, 0.4) is 0 Å². The van der Waals surface area contributed by atoms with Crippen LogP contribution >= 0.6 is 0 Å². The standard InChI is InChI=1S/C20H21AsFNO2/c1-3-13-20(16-9-11-18(22)12-10-16)14-15-23(19(24)25-20)21(2)17-7-5-4-6-8-17/h3-12H,1,13-15H2,2H3. The Morgan fingerprint density at radius 3 is 2.52 bits per heavy atom. The molecule has 1 heterocycles. The molecule has 3 nitrogen and oxygen atoms in total. The first kappa shape index (κ1) is 17.8. The summed E-state index contributed by atoms with van der Waals surface area (Å²) in [6, 6.07) is 16.3. The topological polar surface area (TPSA) is 29.5 Å². The molecular formula is C20H21AsFNO2. The number of ether oxygens (including phenoxy) is 1. The number of amides is 1. The molecule has 0 aliphatic carbocycles. The molecule has 1 fully saturated rings. The van der Waals surface area contributed by atoms with E-state index in [1.54, 1.807) is 18.2 Å². The predicted octanol–water partition coefficient (Wildman–Crippen LogP) is 3.97. The van der Waals surface area contributed by atoms with Gasteiger partial charge in [-0.3, -0.25) is 0 Å². The Morgan fingerprint density at radius 1 is 1.24 bits per heavy atom. The van der Waals surface area contributed by atoms with Gasteiger partial charge in [-0.2, -0.15) is 0 Å². The van der Waals surface area contributed by atoms with E-state index in [0.29, 0.717) is 19.4 Å². The molecule has 130 valence electrons. The molecule has 3 rings (SSSR count). The Morgan fingerprint density at radius 2 is 1.92 bits per heavy atom. The molecular weight excluding hydrogens is 380 g/mol. The van der Waals surface area contributed by atoms with Crippen molar-refractivity contribution in [2.45, 2.75) is 24.2 Å². The van der Waals surface area contributed by atoms with Gasteiger partial charge in [0.25, 0.3) is 0 Å². The summed E-state index contributed by atoms with van der Waals surface area (Å²) in [5, 5.41) is 0. The summed E-state index contributed by atoms with van der Waals surface area (Å²) in [7, 11) is 0. The second kappa shape index (κ2) is 7.45.